The van der Waals surface area contributed by atoms with Gasteiger partial charge in [-0.05, 0) is 62.9 Å². The zero-order chi connectivity index (χ0) is 22.6. The maximum absolute atomic E-state index is 12.8. The first-order valence-electron chi connectivity index (χ1n) is 10.1. The van der Waals surface area contributed by atoms with Gasteiger partial charge in [0.05, 0.1) is 10.4 Å². The molecule has 0 bridgehead atoms. The summed E-state index contributed by atoms with van der Waals surface area (Å²) in [5.74, 6) is 0. The molecule has 8 heteroatoms. The Labute approximate surface area is 189 Å². The van der Waals surface area contributed by atoms with Crippen LogP contribution in [0.3, 0.4) is 0 Å². The molecule has 0 radical (unpaired) electrons. The minimum absolute atomic E-state index is 0.0470. The first kappa shape index (κ1) is 22.8. The number of nitrogens with zero attached hydrogens (tertiary/aromatic N) is 2. The zero-order valence-corrected chi connectivity index (χ0v) is 19.4. The van der Waals surface area contributed by atoms with Crippen molar-refractivity contribution in [3.8, 4) is 0 Å². The van der Waals surface area contributed by atoms with Gasteiger partial charge < -0.3 is 14.6 Å². The molecule has 0 fully saturated rings. The number of carbonyl (C=O) groups excluding carboxylic acids is 1. The first-order chi connectivity index (χ1) is 14.6. The number of halogens is 1. The number of nitrogens with one attached hydrogen (secondary N) is 1. The Morgan fingerprint density at radius 2 is 1.81 bits per heavy atom. The largest absolute Gasteiger partial charge is 0.444 e. The van der Waals surface area contributed by atoms with Gasteiger partial charge >= 0.3 is 6.09 Å². The molecule has 0 saturated carbocycles. The molecule has 0 spiro atoms. The fourth-order valence-corrected chi connectivity index (χ4v) is 3.55. The number of fused-ring (bicyclic) bond motifs is 1. The van der Waals surface area contributed by atoms with Gasteiger partial charge in [0.2, 0.25) is 0 Å². The monoisotopic (exact) mass is 487 g/mol. The lowest BCUT2D eigenvalue weighted by Gasteiger charge is -2.27. The highest BCUT2D eigenvalue weighted by atomic mass is 79.9. The van der Waals surface area contributed by atoms with Gasteiger partial charge in [-0.3, -0.25) is 10.1 Å². The minimum Gasteiger partial charge on any atom is -0.444 e. The lowest BCUT2D eigenvalue weighted by molar-refractivity contribution is -0.384. The molecular weight excluding hydrogens is 462 g/mol. The van der Waals surface area contributed by atoms with Crippen molar-refractivity contribution in [1.82, 2.24) is 9.88 Å². The Morgan fingerprint density at radius 1 is 1.13 bits per heavy atom. The summed E-state index contributed by atoms with van der Waals surface area (Å²) < 4.78 is 6.62. The summed E-state index contributed by atoms with van der Waals surface area (Å²) in [5.41, 5.74) is 2.32. The summed E-state index contributed by atoms with van der Waals surface area (Å²) in [4.78, 5) is 28.2. The third-order valence-electron chi connectivity index (χ3n) is 4.85. The third kappa shape index (κ3) is 6.30. The smallest absolute Gasteiger partial charge is 0.410 e. The van der Waals surface area contributed by atoms with Crippen LogP contribution in [0, 0.1) is 10.1 Å². The van der Waals surface area contributed by atoms with Crippen LogP contribution in [0.5, 0.6) is 0 Å². The number of aromatic nitrogens is 1. The summed E-state index contributed by atoms with van der Waals surface area (Å²) in [6, 6.07) is 12.8. The van der Waals surface area contributed by atoms with Gasteiger partial charge in [0.1, 0.15) is 5.60 Å². The molecule has 1 amide bonds. The lowest BCUT2D eigenvalue weighted by atomic mass is 10.1. The molecule has 3 rings (SSSR count). The van der Waals surface area contributed by atoms with Gasteiger partial charge in [-0.2, -0.15) is 0 Å². The highest BCUT2D eigenvalue weighted by molar-refractivity contribution is 9.10. The second-order valence-electron chi connectivity index (χ2n) is 8.39. The van der Waals surface area contributed by atoms with E-state index in [-0.39, 0.29) is 11.8 Å². The van der Waals surface area contributed by atoms with Crippen molar-refractivity contribution in [2.24, 2.45) is 0 Å². The van der Waals surface area contributed by atoms with Crippen LogP contribution in [-0.4, -0.2) is 39.6 Å². The van der Waals surface area contributed by atoms with Crippen molar-refractivity contribution in [3.63, 3.8) is 0 Å². The number of aromatic amines is 1. The zero-order valence-electron chi connectivity index (χ0n) is 17.9. The molecule has 164 valence electrons. The quantitative estimate of drug-likeness (QED) is 0.333. The molecule has 3 aromatic rings. The predicted molar refractivity (Wildman–Crippen MR) is 124 cm³/mol. The Bertz CT molecular complexity index is 1070. The summed E-state index contributed by atoms with van der Waals surface area (Å²) >= 11 is 3.44. The molecule has 1 N–H and O–H groups in total. The summed E-state index contributed by atoms with van der Waals surface area (Å²) in [6.45, 7) is 6.57. The van der Waals surface area contributed by atoms with E-state index in [1.165, 1.54) is 12.1 Å². The molecule has 0 aliphatic heterocycles. The molecule has 0 aliphatic carbocycles. The van der Waals surface area contributed by atoms with E-state index in [9.17, 15) is 14.9 Å². The van der Waals surface area contributed by atoms with Crippen molar-refractivity contribution < 1.29 is 14.5 Å². The van der Waals surface area contributed by atoms with Gasteiger partial charge in [0, 0.05) is 41.3 Å². The molecular formula is C23H26BrN3O4. The fraction of sp³-hybridized carbons (Fsp3) is 0.348. The Hall–Kier alpha value is -2.87. The molecule has 2 aromatic carbocycles. The van der Waals surface area contributed by atoms with Crippen molar-refractivity contribution in [3.05, 3.63) is 74.4 Å². The number of carbonyl (C=O) groups is 1. The van der Waals surface area contributed by atoms with Crippen LogP contribution in [-0.2, 0) is 17.6 Å². The molecule has 1 aromatic heterocycles. The van der Waals surface area contributed by atoms with Crippen molar-refractivity contribution in [2.45, 2.75) is 39.2 Å². The average molecular weight is 488 g/mol. The van der Waals surface area contributed by atoms with E-state index in [0.717, 1.165) is 21.0 Å². The van der Waals surface area contributed by atoms with E-state index >= 15 is 0 Å². The van der Waals surface area contributed by atoms with Crippen LogP contribution in [0.15, 0.2) is 53.1 Å². The van der Waals surface area contributed by atoms with Gasteiger partial charge in [-0.1, -0.05) is 28.1 Å². The van der Waals surface area contributed by atoms with E-state index in [4.69, 9.17) is 4.74 Å². The number of H-pyrrole nitrogens is 1. The van der Waals surface area contributed by atoms with E-state index in [1.54, 1.807) is 11.0 Å². The number of nitro groups is 1. The van der Waals surface area contributed by atoms with Gasteiger partial charge in [-0.25, -0.2) is 4.79 Å². The lowest BCUT2D eigenvalue weighted by Crippen LogP contribution is -2.39. The molecule has 7 nitrogen and oxygen atoms in total. The summed E-state index contributed by atoms with van der Waals surface area (Å²) in [6.07, 6.45) is 2.82. The molecule has 0 unspecified atom stereocenters. The van der Waals surface area contributed by atoms with Gasteiger partial charge in [-0.15, -0.1) is 0 Å². The minimum atomic E-state index is -0.577. The first-order valence-corrected chi connectivity index (χ1v) is 10.9. The molecule has 1 heterocycles. The summed E-state index contributed by atoms with van der Waals surface area (Å²) in [5, 5.41) is 11.9. The third-order valence-corrected chi connectivity index (χ3v) is 5.38. The Kier molecular flexibility index (Phi) is 7.00. The number of hydrogen-bond donors (Lipinski definition) is 1. The van der Waals surface area contributed by atoms with E-state index < -0.39 is 10.5 Å². The molecule has 0 saturated heterocycles. The number of hydrogen-bond acceptors (Lipinski definition) is 4. The van der Waals surface area contributed by atoms with Crippen molar-refractivity contribution in [2.75, 3.05) is 13.1 Å². The van der Waals surface area contributed by atoms with Crippen LogP contribution in [0.2, 0.25) is 0 Å². The van der Waals surface area contributed by atoms with Gasteiger partial charge in [0.15, 0.2) is 0 Å². The highest BCUT2D eigenvalue weighted by Crippen LogP contribution is 2.24. The van der Waals surface area contributed by atoms with Crippen LogP contribution < -0.4 is 0 Å². The number of rotatable bonds is 7. The van der Waals surface area contributed by atoms with Crippen LogP contribution in [0.4, 0.5) is 10.5 Å². The highest BCUT2D eigenvalue weighted by Gasteiger charge is 2.22. The normalized spacial score (nSPS) is 11.5. The van der Waals surface area contributed by atoms with Crippen molar-refractivity contribution in [1.29, 1.82) is 0 Å². The average Bonchev–Trinajstić information content (AvgIpc) is 3.10. The number of non-ortho nitro benzene ring substituents is 1. The fourth-order valence-electron chi connectivity index (χ4n) is 3.29. The van der Waals surface area contributed by atoms with E-state index in [1.807, 2.05) is 51.2 Å². The summed E-state index contributed by atoms with van der Waals surface area (Å²) in [7, 11) is 0. The van der Waals surface area contributed by atoms with E-state index in [0.29, 0.717) is 31.4 Å². The molecule has 0 atom stereocenters. The topological polar surface area (TPSA) is 88.5 Å². The van der Waals surface area contributed by atoms with Crippen LogP contribution >= 0.6 is 15.9 Å². The second-order valence-corrected chi connectivity index (χ2v) is 9.31. The van der Waals surface area contributed by atoms with Crippen molar-refractivity contribution >= 4 is 38.6 Å². The number of amides is 1. The van der Waals surface area contributed by atoms with Crippen LogP contribution in [0.1, 0.15) is 31.9 Å². The Balaban J connectivity index is 1.73. The van der Waals surface area contributed by atoms with Crippen LogP contribution in [0.25, 0.3) is 10.9 Å². The molecule has 0 aliphatic rings. The van der Waals surface area contributed by atoms with Gasteiger partial charge in [0.25, 0.3) is 5.69 Å². The second kappa shape index (κ2) is 9.51. The van der Waals surface area contributed by atoms with E-state index in [2.05, 4.69) is 20.9 Å². The predicted octanol–water partition coefficient (Wildman–Crippen LogP) is 5.86. The number of nitro benzene ring substituents is 1. The maximum Gasteiger partial charge on any atom is 0.410 e. The number of ether oxygens (including phenoxy) is 1. The standard InChI is InChI=1S/C23H26BrN3O4/c1-23(2,3)31-22(28)26(12-10-16-4-6-18(24)7-5-16)13-11-17-15-25-21-14-19(27(29)30)8-9-20(17)21/h4-9,14-15,25H,10-13H2,1-3H3. The Morgan fingerprint density at radius 3 is 2.45 bits per heavy atom. The number of benzene rings is 2. The molecule has 31 heavy (non-hydrogen) atoms. The maximum atomic E-state index is 12.8. The SMILES string of the molecule is CC(C)(C)OC(=O)N(CCc1ccc(Br)cc1)CCc1c[nH]c2cc([N+](=O)[O-])ccc12.